The second-order valence-corrected chi connectivity index (χ2v) is 5.87. The van der Waals surface area contributed by atoms with Gasteiger partial charge in [-0.05, 0) is 31.0 Å². The Labute approximate surface area is 143 Å². The minimum Gasteiger partial charge on any atom is -0.355 e. The molecule has 0 spiro atoms. The zero-order valence-corrected chi connectivity index (χ0v) is 13.6. The predicted molar refractivity (Wildman–Crippen MR) is 86.8 cm³/mol. The van der Waals surface area contributed by atoms with Gasteiger partial charge in [-0.3, -0.25) is 4.79 Å². The third-order valence-electron chi connectivity index (χ3n) is 3.96. The molecule has 1 saturated heterocycles. The number of piperidine rings is 1. The van der Waals surface area contributed by atoms with Gasteiger partial charge in [0.05, 0.1) is 11.5 Å². The van der Waals surface area contributed by atoms with Gasteiger partial charge in [0.1, 0.15) is 0 Å². The molecule has 138 valence electrons. The first-order chi connectivity index (χ1) is 11.8. The maximum atomic E-state index is 12.7. The van der Waals surface area contributed by atoms with Crippen LogP contribution >= 0.6 is 0 Å². The molecule has 0 radical (unpaired) electrons. The summed E-state index contributed by atoms with van der Waals surface area (Å²) in [5.41, 5.74) is 4.58. The van der Waals surface area contributed by atoms with Crippen molar-refractivity contribution in [2.45, 2.75) is 19.0 Å². The van der Waals surface area contributed by atoms with E-state index in [1.165, 1.54) is 17.0 Å². The summed E-state index contributed by atoms with van der Waals surface area (Å²) in [7, 11) is 0. The van der Waals surface area contributed by atoms with Gasteiger partial charge in [-0.1, -0.05) is 6.07 Å². The third kappa shape index (κ3) is 5.35. The molecule has 0 bridgehead atoms. The topological polar surface area (TPSA) is 87.5 Å². The highest BCUT2D eigenvalue weighted by Gasteiger charge is 2.31. The van der Waals surface area contributed by atoms with E-state index >= 15 is 0 Å². The maximum Gasteiger partial charge on any atom is 0.416 e. The molecule has 3 amide bonds. The van der Waals surface area contributed by atoms with Crippen molar-refractivity contribution in [3.8, 4) is 0 Å². The summed E-state index contributed by atoms with van der Waals surface area (Å²) in [4.78, 5) is 25.7. The molecule has 1 aromatic carbocycles. The molecule has 1 aliphatic heterocycles. The van der Waals surface area contributed by atoms with Gasteiger partial charge >= 0.3 is 12.2 Å². The van der Waals surface area contributed by atoms with Gasteiger partial charge < -0.3 is 21.3 Å². The number of halogens is 3. The standard InChI is InChI=1S/C16H21F3N4O2/c17-16(18,19)12-4-1-5-13(9-12)22-15(25)23-8-2-3-11(10-23)14(24)21-7-6-20/h1,4-5,9,11H,2-3,6-8,10,20H2,(H,21,24)(H,22,25). The van der Waals surface area contributed by atoms with Crippen LogP contribution in [0.4, 0.5) is 23.7 Å². The van der Waals surface area contributed by atoms with Crippen LogP contribution in [0.3, 0.4) is 0 Å². The van der Waals surface area contributed by atoms with Crippen molar-refractivity contribution in [2.24, 2.45) is 11.7 Å². The molecule has 1 aromatic rings. The van der Waals surface area contributed by atoms with Crippen molar-refractivity contribution in [1.82, 2.24) is 10.2 Å². The number of nitrogens with zero attached hydrogens (tertiary/aromatic N) is 1. The van der Waals surface area contributed by atoms with Crippen molar-refractivity contribution in [2.75, 3.05) is 31.5 Å². The fraction of sp³-hybridized carbons (Fsp3) is 0.500. The number of hydrogen-bond acceptors (Lipinski definition) is 3. The van der Waals surface area contributed by atoms with E-state index in [2.05, 4.69) is 10.6 Å². The van der Waals surface area contributed by atoms with E-state index in [0.717, 1.165) is 12.1 Å². The lowest BCUT2D eigenvalue weighted by Crippen LogP contribution is -2.47. The summed E-state index contributed by atoms with van der Waals surface area (Å²) in [5, 5.41) is 5.15. The molecule has 1 fully saturated rings. The summed E-state index contributed by atoms with van der Waals surface area (Å²) >= 11 is 0. The van der Waals surface area contributed by atoms with E-state index in [4.69, 9.17) is 5.73 Å². The Morgan fingerprint density at radius 2 is 2.08 bits per heavy atom. The lowest BCUT2D eigenvalue weighted by Gasteiger charge is -2.32. The Morgan fingerprint density at radius 3 is 2.76 bits per heavy atom. The average molecular weight is 358 g/mol. The van der Waals surface area contributed by atoms with E-state index in [9.17, 15) is 22.8 Å². The van der Waals surface area contributed by atoms with E-state index in [1.54, 1.807) is 0 Å². The molecule has 1 unspecified atom stereocenters. The number of anilines is 1. The predicted octanol–water partition coefficient (Wildman–Crippen LogP) is 2.02. The minimum absolute atomic E-state index is 0.0644. The largest absolute Gasteiger partial charge is 0.416 e. The van der Waals surface area contributed by atoms with E-state index < -0.39 is 17.8 Å². The van der Waals surface area contributed by atoms with E-state index in [0.29, 0.717) is 32.5 Å². The molecular formula is C16H21F3N4O2. The third-order valence-corrected chi connectivity index (χ3v) is 3.96. The molecular weight excluding hydrogens is 337 g/mol. The van der Waals surface area contributed by atoms with Gasteiger partial charge in [0.25, 0.3) is 0 Å². The molecule has 1 aliphatic rings. The van der Waals surface area contributed by atoms with Crippen molar-refractivity contribution in [3.63, 3.8) is 0 Å². The first kappa shape index (κ1) is 19.0. The van der Waals surface area contributed by atoms with Gasteiger partial charge in [-0.2, -0.15) is 13.2 Å². The van der Waals surface area contributed by atoms with Crippen LogP contribution < -0.4 is 16.4 Å². The van der Waals surface area contributed by atoms with Gasteiger partial charge in [0, 0.05) is 31.9 Å². The van der Waals surface area contributed by atoms with Crippen molar-refractivity contribution < 1.29 is 22.8 Å². The normalized spacial score (nSPS) is 17.9. The van der Waals surface area contributed by atoms with Crippen LogP contribution in [0.1, 0.15) is 18.4 Å². The van der Waals surface area contributed by atoms with Crippen LogP contribution in [0, 0.1) is 5.92 Å². The highest BCUT2D eigenvalue weighted by molar-refractivity contribution is 5.90. The monoisotopic (exact) mass is 358 g/mol. The number of carbonyl (C=O) groups is 2. The number of nitrogens with two attached hydrogens (primary N) is 1. The fourth-order valence-corrected chi connectivity index (χ4v) is 2.69. The summed E-state index contributed by atoms with van der Waals surface area (Å²) in [6, 6.07) is 3.93. The van der Waals surface area contributed by atoms with Gasteiger partial charge in [-0.15, -0.1) is 0 Å². The first-order valence-corrected chi connectivity index (χ1v) is 8.02. The smallest absolute Gasteiger partial charge is 0.355 e. The van der Waals surface area contributed by atoms with E-state index in [1.807, 2.05) is 0 Å². The summed E-state index contributed by atoms with van der Waals surface area (Å²) in [6.07, 6.45) is -3.17. The molecule has 1 atom stereocenters. The number of amides is 3. The van der Waals surface area contributed by atoms with E-state index in [-0.39, 0.29) is 24.1 Å². The van der Waals surface area contributed by atoms with Crippen LogP contribution in [0.25, 0.3) is 0 Å². The summed E-state index contributed by atoms with van der Waals surface area (Å²) in [6.45, 7) is 1.37. The summed E-state index contributed by atoms with van der Waals surface area (Å²) < 4.78 is 38.2. The number of nitrogens with one attached hydrogen (secondary N) is 2. The molecule has 2 rings (SSSR count). The van der Waals surface area contributed by atoms with Crippen LogP contribution in [-0.2, 0) is 11.0 Å². The average Bonchev–Trinajstić information content (AvgIpc) is 2.59. The molecule has 25 heavy (non-hydrogen) atoms. The Balaban J connectivity index is 1.97. The number of likely N-dealkylation sites (tertiary alicyclic amines) is 1. The van der Waals surface area contributed by atoms with Crippen LogP contribution in [-0.4, -0.2) is 43.0 Å². The molecule has 0 aromatic heterocycles. The zero-order chi connectivity index (χ0) is 18.4. The lowest BCUT2D eigenvalue weighted by molar-refractivity contribution is -0.137. The number of hydrogen-bond donors (Lipinski definition) is 3. The Morgan fingerprint density at radius 1 is 1.32 bits per heavy atom. The van der Waals surface area contributed by atoms with Crippen molar-refractivity contribution >= 4 is 17.6 Å². The molecule has 0 saturated carbocycles. The second-order valence-electron chi connectivity index (χ2n) is 5.87. The van der Waals surface area contributed by atoms with Crippen LogP contribution in [0.15, 0.2) is 24.3 Å². The first-order valence-electron chi connectivity index (χ1n) is 8.02. The fourth-order valence-electron chi connectivity index (χ4n) is 2.69. The SMILES string of the molecule is NCCNC(=O)C1CCCN(C(=O)Nc2cccc(C(F)(F)F)c2)C1. The highest BCUT2D eigenvalue weighted by Crippen LogP contribution is 2.30. The maximum absolute atomic E-state index is 12.7. The number of carbonyl (C=O) groups excluding carboxylic acids is 2. The molecule has 9 heteroatoms. The quantitative estimate of drug-likeness (QED) is 0.770. The Kier molecular flexibility index (Phi) is 6.24. The van der Waals surface area contributed by atoms with Gasteiger partial charge in [0.15, 0.2) is 0 Å². The summed E-state index contributed by atoms with van der Waals surface area (Å²) in [5.74, 6) is -0.505. The Hall–Kier alpha value is -2.29. The molecule has 4 N–H and O–H groups in total. The number of alkyl halides is 3. The number of benzene rings is 1. The molecule has 6 nitrogen and oxygen atoms in total. The van der Waals surface area contributed by atoms with Crippen molar-refractivity contribution in [1.29, 1.82) is 0 Å². The second kappa shape index (κ2) is 8.19. The highest BCUT2D eigenvalue weighted by atomic mass is 19.4. The number of rotatable bonds is 4. The zero-order valence-electron chi connectivity index (χ0n) is 13.6. The van der Waals surface area contributed by atoms with Crippen LogP contribution in [0.5, 0.6) is 0 Å². The van der Waals surface area contributed by atoms with Crippen LogP contribution in [0.2, 0.25) is 0 Å². The van der Waals surface area contributed by atoms with Gasteiger partial charge in [0.2, 0.25) is 5.91 Å². The molecule has 0 aliphatic carbocycles. The van der Waals surface area contributed by atoms with Crippen molar-refractivity contribution in [3.05, 3.63) is 29.8 Å². The molecule has 1 heterocycles. The Bertz CT molecular complexity index is 622. The lowest BCUT2D eigenvalue weighted by atomic mass is 9.97. The van der Waals surface area contributed by atoms with Gasteiger partial charge in [-0.25, -0.2) is 4.79 Å². The number of urea groups is 1. The minimum atomic E-state index is -4.47.